The van der Waals surface area contributed by atoms with Crippen molar-refractivity contribution in [2.75, 3.05) is 19.7 Å². The minimum Gasteiger partial charge on any atom is -0.504 e. The number of phenolic OH excluding ortho intramolecular Hbond substituents is 1. The second-order valence-electron chi connectivity index (χ2n) is 5.21. The van der Waals surface area contributed by atoms with E-state index in [0.29, 0.717) is 12.4 Å². The molecule has 0 amide bonds. The normalized spacial score (nSPS) is 16.2. The molecule has 0 spiro atoms. The number of hydrogen-bond donors (Lipinski definition) is 1. The van der Waals surface area contributed by atoms with Crippen molar-refractivity contribution in [1.82, 2.24) is 4.90 Å². The van der Waals surface area contributed by atoms with Crippen molar-refractivity contribution < 1.29 is 9.84 Å². The Balaban J connectivity index is 2.21. The van der Waals surface area contributed by atoms with E-state index in [0.717, 1.165) is 33.1 Å². The van der Waals surface area contributed by atoms with Gasteiger partial charge in [-0.25, -0.2) is 0 Å². The van der Waals surface area contributed by atoms with E-state index < -0.39 is 0 Å². The van der Waals surface area contributed by atoms with Crippen molar-refractivity contribution in [3.05, 3.63) is 21.3 Å². The number of hydrogen-bond acceptors (Lipinski definition) is 3. The molecule has 1 fully saturated rings. The summed E-state index contributed by atoms with van der Waals surface area (Å²) in [6.07, 6.45) is 2.38. The Morgan fingerprint density at radius 1 is 1.45 bits per heavy atom. The summed E-state index contributed by atoms with van der Waals surface area (Å²) in [4.78, 5) is 3.11. The average molecular weight is 405 g/mol. The van der Waals surface area contributed by atoms with Gasteiger partial charge in [0, 0.05) is 18.7 Å². The SMILES string of the molecule is CCOc1cc(C(=S)N2CCC(C)CC2)cc(I)c1O. The van der Waals surface area contributed by atoms with Crippen molar-refractivity contribution in [2.24, 2.45) is 5.92 Å². The van der Waals surface area contributed by atoms with Crippen LogP contribution in [0.25, 0.3) is 0 Å². The minimum atomic E-state index is 0.200. The maximum atomic E-state index is 9.99. The van der Waals surface area contributed by atoms with E-state index in [2.05, 4.69) is 34.4 Å². The summed E-state index contributed by atoms with van der Waals surface area (Å²) in [5, 5.41) is 9.99. The van der Waals surface area contributed by atoms with Gasteiger partial charge in [0.2, 0.25) is 0 Å². The summed E-state index contributed by atoms with van der Waals surface area (Å²) in [5.41, 5.74) is 0.959. The monoisotopic (exact) mass is 405 g/mol. The first-order valence-electron chi connectivity index (χ1n) is 6.97. The van der Waals surface area contributed by atoms with E-state index in [-0.39, 0.29) is 5.75 Å². The molecule has 1 aliphatic heterocycles. The maximum Gasteiger partial charge on any atom is 0.171 e. The molecule has 1 N–H and O–H groups in total. The van der Waals surface area contributed by atoms with Crippen LogP contribution in [0.5, 0.6) is 11.5 Å². The number of piperidine rings is 1. The van der Waals surface area contributed by atoms with Crippen LogP contribution in [0.1, 0.15) is 32.3 Å². The molecule has 1 saturated heterocycles. The molecule has 110 valence electrons. The lowest BCUT2D eigenvalue weighted by atomic mass is 9.99. The Morgan fingerprint density at radius 2 is 2.10 bits per heavy atom. The molecule has 0 radical (unpaired) electrons. The Labute approximate surface area is 139 Å². The predicted octanol–water partition coefficient (Wildman–Crippen LogP) is 3.80. The Bertz CT molecular complexity index is 499. The van der Waals surface area contributed by atoms with Crippen LogP contribution in [0.2, 0.25) is 0 Å². The largest absolute Gasteiger partial charge is 0.504 e. The van der Waals surface area contributed by atoms with Gasteiger partial charge in [-0.15, -0.1) is 0 Å². The zero-order chi connectivity index (χ0) is 14.7. The number of rotatable bonds is 3. The summed E-state index contributed by atoms with van der Waals surface area (Å²) in [5.74, 6) is 1.50. The lowest BCUT2D eigenvalue weighted by Gasteiger charge is -2.32. The third-order valence-electron chi connectivity index (χ3n) is 3.65. The zero-order valence-electron chi connectivity index (χ0n) is 11.9. The van der Waals surface area contributed by atoms with Crippen molar-refractivity contribution >= 4 is 39.8 Å². The van der Waals surface area contributed by atoms with Gasteiger partial charge in [0.1, 0.15) is 4.99 Å². The highest BCUT2D eigenvalue weighted by Gasteiger charge is 2.20. The fourth-order valence-electron chi connectivity index (χ4n) is 2.36. The van der Waals surface area contributed by atoms with Gasteiger partial charge in [0.15, 0.2) is 11.5 Å². The summed E-state index contributed by atoms with van der Waals surface area (Å²) in [6, 6.07) is 3.78. The number of phenols is 1. The first-order chi connectivity index (χ1) is 9.52. The molecule has 0 aliphatic carbocycles. The molecule has 0 bridgehead atoms. The van der Waals surface area contributed by atoms with Crippen LogP contribution in [0.15, 0.2) is 12.1 Å². The number of nitrogens with zero attached hydrogens (tertiary/aromatic N) is 1. The summed E-state index contributed by atoms with van der Waals surface area (Å²) >= 11 is 7.73. The van der Waals surface area contributed by atoms with Crippen LogP contribution in [-0.4, -0.2) is 34.7 Å². The highest BCUT2D eigenvalue weighted by molar-refractivity contribution is 14.1. The van der Waals surface area contributed by atoms with E-state index in [1.54, 1.807) is 0 Å². The quantitative estimate of drug-likeness (QED) is 0.613. The number of likely N-dealkylation sites (tertiary alicyclic amines) is 1. The number of ether oxygens (including phenoxy) is 1. The summed E-state index contributed by atoms with van der Waals surface area (Å²) in [6.45, 7) is 6.75. The van der Waals surface area contributed by atoms with Crippen LogP contribution in [-0.2, 0) is 0 Å². The fourth-order valence-corrected chi connectivity index (χ4v) is 3.26. The third kappa shape index (κ3) is 3.55. The Kier molecular flexibility index (Phi) is 5.49. The number of benzene rings is 1. The first kappa shape index (κ1) is 15.8. The lowest BCUT2D eigenvalue weighted by molar-refractivity contribution is 0.284. The molecule has 0 saturated carbocycles. The topological polar surface area (TPSA) is 32.7 Å². The molecule has 2 rings (SSSR count). The summed E-state index contributed by atoms with van der Waals surface area (Å²) < 4.78 is 6.25. The fraction of sp³-hybridized carbons (Fsp3) is 0.533. The molecule has 0 unspecified atom stereocenters. The number of thiocarbonyl (C=S) groups is 1. The van der Waals surface area contributed by atoms with Gasteiger partial charge >= 0.3 is 0 Å². The van der Waals surface area contributed by atoms with E-state index in [1.807, 2.05) is 19.1 Å². The van der Waals surface area contributed by atoms with Crippen molar-refractivity contribution in [3.63, 3.8) is 0 Å². The van der Waals surface area contributed by atoms with E-state index in [1.165, 1.54) is 12.8 Å². The molecule has 5 heteroatoms. The van der Waals surface area contributed by atoms with Gasteiger partial charge in [-0.1, -0.05) is 19.1 Å². The van der Waals surface area contributed by atoms with E-state index in [9.17, 15) is 5.11 Å². The standard InChI is InChI=1S/C15H20INO2S/c1-3-19-13-9-11(8-12(16)14(13)18)15(20)17-6-4-10(2)5-7-17/h8-10,18H,3-7H2,1-2H3. The lowest BCUT2D eigenvalue weighted by Crippen LogP contribution is -2.37. The van der Waals surface area contributed by atoms with Crippen LogP contribution in [0, 0.1) is 9.49 Å². The van der Waals surface area contributed by atoms with Crippen LogP contribution in [0.4, 0.5) is 0 Å². The molecule has 1 heterocycles. The molecular weight excluding hydrogens is 385 g/mol. The van der Waals surface area contributed by atoms with E-state index >= 15 is 0 Å². The third-order valence-corrected chi connectivity index (χ3v) is 4.96. The van der Waals surface area contributed by atoms with Crippen LogP contribution in [0.3, 0.4) is 0 Å². The van der Waals surface area contributed by atoms with Crippen molar-refractivity contribution in [1.29, 1.82) is 0 Å². The van der Waals surface area contributed by atoms with Crippen molar-refractivity contribution in [2.45, 2.75) is 26.7 Å². The minimum absolute atomic E-state index is 0.200. The summed E-state index contributed by atoms with van der Waals surface area (Å²) in [7, 11) is 0. The number of aromatic hydroxyl groups is 1. The second kappa shape index (κ2) is 6.93. The molecule has 0 aromatic heterocycles. The van der Waals surface area contributed by atoms with Gasteiger partial charge < -0.3 is 14.7 Å². The first-order valence-corrected chi connectivity index (χ1v) is 8.46. The van der Waals surface area contributed by atoms with Crippen molar-refractivity contribution in [3.8, 4) is 11.5 Å². The smallest absolute Gasteiger partial charge is 0.171 e. The molecule has 0 atom stereocenters. The Morgan fingerprint density at radius 3 is 2.70 bits per heavy atom. The van der Waals surface area contributed by atoms with Crippen LogP contribution < -0.4 is 4.74 Å². The highest BCUT2D eigenvalue weighted by Crippen LogP contribution is 2.33. The van der Waals surface area contributed by atoms with Gasteiger partial charge in [0.25, 0.3) is 0 Å². The van der Waals surface area contributed by atoms with Gasteiger partial charge in [0.05, 0.1) is 10.2 Å². The van der Waals surface area contributed by atoms with Crippen LogP contribution >= 0.6 is 34.8 Å². The number of halogens is 1. The molecule has 1 aromatic rings. The van der Waals surface area contributed by atoms with Gasteiger partial charge in [-0.05, 0) is 60.4 Å². The average Bonchev–Trinajstić information content (AvgIpc) is 2.44. The predicted molar refractivity (Wildman–Crippen MR) is 93.7 cm³/mol. The van der Waals surface area contributed by atoms with Gasteiger partial charge in [-0.3, -0.25) is 0 Å². The zero-order valence-corrected chi connectivity index (χ0v) is 14.8. The molecule has 3 nitrogen and oxygen atoms in total. The maximum absolute atomic E-state index is 9.99. The van der Waals surface area contributed by atoms with E-state index in [4.69, 9.17) is 17.0 Å². The van der Waals surface area contributed by atoms with Gasteiger partial charge in [-0.2, -0.15) is 0 Å². The highest BCUT2D eigenvalue weighted by atomic mass is 127. The molecular formula is C15H20INO2S. The Hall–Kier alpha value is -0.560. The molecule has 20 heavy (non-hydrogen) atoms. The molecule has 1 aliphatic rings. The second-order valence-corrected chi connectivity index (χ2v) is 6.76. The molecule has 1 aromatic carbocycles.